The second-order valence-electron chi connectivity index (χ2n) is 3.13. The monoisotopic (exact) mass is 244 g/mol. The van der Waals surface area contributed by atoms with Crippen LogP contribution in [-0.2, 0) is 4.79 Å². The van der Waals surface area contributed by atoms with E-state index in [4.69, 9.17) is 27.2 Å². The van der Waals surface area contributed by atoms with Crippen molar-refractivity contribution in [1.82, 2.24) is 0 Å². The summed E-state index contributed by atoms with van der Waals surface area (Å²) in [6, 6.07) is 3.86. The number of benzene rings is 1. The van der Waals surface area contributed by atoms with Crippen LogP contribution in [0.4, 0.5) is 5.69 Å². The minimum Gasteiger partial charge on any atom is -0.495 e. The Bertz CT molecular complexity index is 384. The largest absolute Gasteiger partial charge is 0.495 e. The Morgan fingerprint density at radius 2 is 2.38 bits per heavy atom. The number of carbonyl (C=O) groups is 1. The molecule has 1 rings (SSSR count). The molecule has 0 saturated heterocycles. The number of anilines is 1. The molecule has 0 spiro atoms. The summed E-state index contributed by atoms with van der Waals surface area (Å²) < 4.78 is 4.96. The number of hydrogen-bond donors (Lipinski definition) is 3. The molecular weight excluding hydrogens is 232 g/mol. The highest BCUT2D eigenvalue weighted by Crippen LogP contribution is 2.27. The van der Waals surface area contributed by atoms with Gasteiger partial charge in [0.2, 0.25) is 5.91 Å². The fourth-order valence-electron chi connectivity index (χ4n) is 1.06. The maximum Gasteiger partial charge on any atom is 0.243 e. The summed E-state index contributed by atoms with van der Waals surface area (Å²) >= 11 is 5.87. The Balaban J connectivity index is 2.75. The number of nitrogens with one attached hydrogen (secondary N) is 1. The molecule has 88 valence electrons. The lowest BCUT2D eigenvalue weighted by Gasteiger charge is -2.10. The number of rotatable bonds is 4. The molecule has 1 unspecified atom stereocenters. The van der Waals surface area contributed by atoms with Crippen LogP contribution in [0.15, 0.2) is 18.2 Å². The minimum atomic E-state index is -0.944. The molecule has 0 radical (unpaired) electrons. The van der Waals surface area contributed by atoms with Crippen molar-refractivity contribution in [3.63, 3.8) is 0 Å². The lowest BCUT2D eigenvalue weighted by Crippen LogP contribution is -2.38. The smallest absolute Gasteiger partial charge is 0.243 e. The predicted octanol–water partition coefficient (Wildman–Crippen LogP) is 0.607. The third-order valence-electron chi connectivity index (χ3n) is 1.95. The zero-order chi connectivity index (χ0) is 12.1. The maximum absolute atomic E-state index is 11.3. The summed E-state index contributed by atoms with van der Waals surface area (Å²) in [5.74, 6) is 0.0508. The van der Waals surface area contributed by atoms with Crippen LogP contribution >= 0.6 is 11.6 Å². The average Bonchev–Trinajstić information content (AvgIpc) is 2.28. The molecule has 4 N–H and O–H groups in total. The quantitative estimate of drug-likeness (QED) is 0.724. The molecular formula is C10H13ClN2O3. The van der Waals surface area contributed by atoms with Gasteiger partial charge in [0.25, 0.3) is 0 Å². The molecule has 16 heavy (non-hydrogen) atoms. The van der Waals surface area contributed by atoms with Gasteiger partial charge in [0.15, 0.2) is 0 Å². The fraction of sp³-hybridized carbons (Fsp3) is 0.300. The summed E-state index contributed by atoms with van der Waals surface area (Å²) in [5, 5.41) is 11.6. The van der Waals surface area contributed by atoms with E-state index in [1.165, 1.54) is 7.11 Å². The third kappa shape index (κ3) is 3.10. The number of ether oxygens (including phenoxy) is 1. The van der Waals surface area contributed by atoms with Gasteiger partial charge in [-0.05, 0) is 18.2 Å². The fourth-order valence-corrected chi connectivity index (χ4v) is 1.32. The normalized spacial score (nSPS) is 12.0. The molecule has 0 aliphatic carbocycles. The first-order valence-electron chi connectivity index (χ1n) is 4.59. The first kappa shape index (κ1) is 12.8. The van der Waals surface area contributed by atoms with E-state index in [0.717, 1.165) is 0 Å². The zero-order valence-corrected chi connectivity index (χ0v) is 9.49. The van der Waals surface area contributed by atoms with Gasteiger partial charge < -0.3 is 20.9 Å². The van der Waals surface area contributed by atoms with Gasteiger partial charge in [-0.1, -0.05) is 11.6 Å². The van der Waals surface area contributed by atoms with Crippen molar-refractivity contribution < 1.29 is 14.6 Å². The summed E-state index contributed by atoms with van der Waals surface area (Å²) in [7, 11) is 1.50. The molecule has 0 saturated carbocycles. The van der Waals surface area contributed by atoms with Crippen molar-refractivity contribution >= 4 is 23.2 Å². The average molecular weight is 245 g/mol. The Morgan fingerprint density at radius 3 is 2.88 bits per heavy atom. The molecule has 0 aromatic heterocycles. The zero-order valence-electron chi connectivity index (χ0n) is 8.74. The van der Waals surface area contributed by atoms with Crippen molar-refractivity contribution in [2.24, 2.45) is 5.73 Å². The highest BCUT2D eigenvalue weighted by molar-refractivity contribution is 6.32. The number of halogens is 1. The maximum atomic E-state index is 11.3. The van der Waals surface area contributed by atoms with Crippen molar-refractivity contribution in [3.05, 3.63) is 23.2 Å². The topological polar surface area (TPSA) is 84.6 Å². The van der Waals surface area contributed by atoms with Crippen molar-refractivity contribution in [2.75, 3.05) is 19.0 Å². The Kier molecular flexibility index (Phi) is 4.54. The summed E-state index contributed by atoms with van der Waals surface area (Å²) in [6.45, 7) is -0.407. The molecule has 0 bridgehead atoms. The molecule has 0 heterocycles. The van der Waals surface area contributed by atoms with Gasteiger partial charge in [0.1, 0.15) is 11.8 Å². The molecule has 1 amide bonds. The minimum absolute atomic E-state index is 0.387. The van der Waals surface area contributed by atoms with E-state index in [2.05, 4.69) is 5.32 Å². The van der Waals surface area contributed by atoms with Crippen LogP contribution in [0.25, 0.3) is 0 Å². The van der Waals surface area contributed by atoms with Crippen LogP contribution in [0.5, 0.6) is 5.75 Å². The Labute approximate surface area is 98.2 Å². The highest BCUT2D eigenvalue weighted by atomic mass is 35.5. The number of hydrogen-bond acceptors (Lipinski definition) is 4. The molecule has 0 fully saturated rings. The number of methoxy groups -OCH3 is 1. The molecule has 1 aromatic rings. The van der Waals surface area contributed by atoms with Crippen LogP contribution in [0.3, 0.4) is 0 Å². The van der Waals surface area contributed by atoms with E-state index in [9.17, 15) is 4.79 Å². The number of amides is 1. The lowest BCUT2D eigenvalue weighted by atomic mass is 10.2. The van der Waals surface area contributed by atoms with Gasteiger partial charge in [-0.2, -0.15) is 0 Å². The van der Waals surface area contributed by atoms with Gasteiger partial charge in [-0.25, -0.2) is 0 Å². The SMILES string of the molecule is COc1ccc(NC(=O)C(N)CO)cc1Cl. The van der Waals surface area contributed by atoms with Crippen LogP contribution in [-0.4, -0.2) is 30.8 Å². The van der Waals surface area contributed by atoms with Crippen LogP contribution in [0.2, 0.25) is 5.02 Å². The van der Waals surface area contributed by atoms with E-state index >= 15 is 0 Å². The van der Waals surface area contributed by atoms with Gasteiger partial charge in [-0.3, -0.25) is 4.79 Å². The summed E-state index contributed by atoms with van der Waals surface area (Å²) in [6.07, 6.45) is 0. The Morgan fingerprint density at radius 1 is 1.69 bits per heavy atom. The van der Waals surface area contributed by atoms with E-state index in [-0.39, 0.29) is 0 Å². The predicted molar refractivity (Wildman–Crippen MR) is 61.7 cm³/mol. The third-order valence-corrected chi connectivity index (χ3v) is 2.25. The first-order valence-corrected chi connectivity index (χ1v) is 4.97. The second-order valence-corrected chi connectivity index (χ2v) is 3.53. The summed E-state index contributed by atoms with van der Waals surface area (Å²) in [4.78, 5) is 11.3. The van der Waals surface area contributed by atoms with E-state index < -0.39 is 18.6 Å². The number of carbonyl (C=O) groups excluding carboxylic acids is 1. The van der Waals surface area contributed by atoms with Crippen LogP contribution in [0.1, 0.15) is 0 Å². The van der Waals surface area contributed by atoms with Gasteiger partial charge in [0.05, 0.1) is 18.7 Å². The van der Waals surface area contributed by atoms with Gasteiger partial charge in [-0.15, -0.1) is 0 Å². The van der Waals surface area contributed by atoms with Crippen molar-refractivity contribution in [1.29, 1.82) is 0 Å². The lowest BCUT2D eigenvalue weighted by molar-refractivity contribution is -0.118. The van der Waals surface area contributed by atoms with Crippen LogP contribution < -0.4 is 15.8 Å². The molecule has 0 aliphatic rings. The molecule has 1 aromatic carbocycles. The second kappa shape index (κ2) is 5.69. The molecule has 6 heteroatoms. The van der Waals surface area contributed by atoms with Crippen molar-refractivity contribution in [2.45, 2.75) is 6.04 Å². The number of aliphatic hydroxyl groups is 1. The number of nitrogens with two attached hydrogens (primary N) is 1. The van der Waals surface area contributed by atoms with Gasteiger partial charge in [0, 0.05) is 5.69 Å². The van der Waals surface area contributed by atoms with Crippen molar-refractivity contribution in [3.8, 4) is 5.75 Å². The summed E-state index contributed by atoms with van der Waals surface area (Å²) in [5.41, 5.74) is 5.84. The molecule has 5 nitrogen and oxygen atoms in total. The van der Waals surface area contributed by atoms with Crippen LogP contribution in [0, 0.1) is 0 Å². The van der Waals surface area contributed by atoms with E-state index in [1.54, 1.807) is 18.2 Å². The van der Waals surface area contributed by atoms with E-state index in [0.29, 0.717) is 16.5 Å². The highest BCUT2D eigenvalue weighted by Gasteiger charge is 2.12. The van der Waals surface area contributed by atoms with E-state index in [1.807, 2.05) is 0 Å². The molecule has 1 atom stereocenters. The molecule has 0 aliphatic heterocycles. The Hall–Kier alpha value is -1.30. The van der Waals surface area contributed by atoms with Gasteiger partial charge >= 0.3 is 0 Å². The first-order chi connectivity index (χ1) is 7.58. The standard InChI is InChI=1S/C10H13ClN2O3/c1-16-9-3-2-6(4-7(9)11)13-10(15)8(12)5-14/h2-4,8,14H,5,12H2,1H3,(H,13,15). The number of aliphatic hydroxyl groups excluding tert-OH is 1.